The molecule has 1 N–H and O–H groups in total. The second kappa shape index (κ2) is 5.53. The van der Waals surface area contributed by atoms with Gasteiger partial charge in [0.15, 0.2) is 0 Å². The Kier molecular flexibility index (Phi) is 4.05. The van der Waals surface area contributed by atoms with Crippen LogP contribution in [-0.4, -0.2) is 6.04 Å². The van der Waals surface area contributed by atoms with Crippen LogP contribution in [0.4, 0.5) is 0 Å². The molecule has 0 spiro atoms. The Bertz CT molecular complexity index is 294. The van der Waals surface area contributed by atoms with Crippen molar-refractivity contribution in [1.82, 2.24) is 5.32 Å². The van der Waals surface area contributed by atoms with Crippen LogP contribution in [0.15, 0.2) is 22.8 Å². The normalized spacial score (nSPS) is 27.9. The lowest BCUT2D eigenvalue weighted by atomic mass is 9.79. The summed E-state index contributed by atoms with van der Waals surface area (Å²) in [6.45, 7) is 5.55. The zero-order valence-electron chi connectivity index (χ0n) is 10.4. The highest BCUT2D eigenvalue weighted by atomic mass is 16.3. The molecule has 1 fully saturated rings. The van der Waals surface area contributed by atoms with E-state index in [4.69, 9.17) is 4.42 Å². The van der Waals surface area contributed by atoms with Crippen molar-refractivity contribution in [2.45, 2.75) is 52.1 Å². The maximum absolute atomic E-state index is 5.33. The molecule has 0 aromatic carbocycles. The first kappa shape index (κ1) is 11.7. The monoisotopic (exact) mass is 221 g/mol. The molecule has 1 saturated carbocycles. The van der Waals surface area contributed by atoms with E-state index < -0.39 is 0 Å². The molecule has 3 unspecified atom stereocenters. The van der Waals surface area contributed by atoms with Gasteiger partial charge in [-0.05, 0) is 43.7 Å². The van der Waals surface area contributed by atoms with E-state index in [1.165, 1.54) is 25.7 Å². The lowest BCUT2D eigenvalue weighted by Gasteiger charge is -2.31. The van der Waals surface area contributed by atoms with E-state index in [0.717, 1.165) is 24.1 Å². The van der Waals surface area contributed by atoms with Crippen LogP contribution < -0.4 is 5.32 Å². The Balaban J connectivity index is 1.76. The Labute approximate surface area is 98.4 Å². The highest BCUT2D eigenvalue weighted by Gasteiger charge is 2.23. The van der Waals surface area contributed by atoms with Crippen LogP contribution in [0.2, 0.25) is 0 Å². The molecule has 0 radical (unpaired) electrons. The molecule has 1 aliphatic carbocycles. The molecule has 2 nitrogen and oxygen atoms in total. The minimum Gasteiger partial charge on any atom is -0.468 e. The van der Waals surface area contributed by atoms with Gasteiger partial charge in [0.2, 0.25) is 0 Å². The number of nitrogens with one attached hydrogen (secondary N) is 1. The van der Waals surface area contributed by atoms with Crippen LogP contribution >= 0.6 is 0 Å². The second-order valence-corrected chi connectivity index (χ2v) is 5.28. The predicted molar refractivity (Wildman–Crippen MR) is 66.1 cm³/mol. The maximum atomic E-state index is 5.33. The lowest BCUT2D eigenvalue weighted by Crippen LogP contribution is -2.35. The summed E-state index contributed by atoms with van der Waals surface area (Å²) in [4.78, 5) is 0. The first-order valence-corrected chi connectivity index (χ1v) is 6.51. The van der Waals surface area contributed by atoms with E-state index in [2.05, 4.69) is 19.2 Å². The van der Waals surface area contributed by atoms with Crippen molar-refractivity contribution < 1.29 is 4.42 Å². The molecule has 0 aliphatic heterocycles. The molecule has 0 amide bonds. The molecule has 3 atom stereocenters. The molecular formula is C14H23NO. The van der Waals surface area contributed by atoms with Gasteiger partial charge in [-0.2, -0.15) is 0 Å². The zero-order valence-corrected chi connectivity index (χ0v) is 10.4. The summed E-state index contributed by atoms with van der Waals surface area (Å²) >= 11 is 0. The first-order valence-electron chi connectivity index (χ1n) is 6.51. The number of rotatable bonds is 4. The molecule has 16 heavy (non-hydrogen) atoms. The highest BCUT2D eigenvalue weighted by molar-refractivity contribution is 4.97. The molecule has 1 heterocycles. The van der Waals surface area contributed by atoms with Gasteiger partial charge in [0.1, 0.15) is 5.76 Å². The quantitative estimate of drug-likeness (QED) is 0.840. The average Bonchev–Trinajstić information content (AvgIpc) is 2.78. The van der Waals surface area contributed by atoms with Gasteiger partial charge >= 0.3 is 0 Å². The van der Waals surface area contributed by atoms with E-state index in [1.807, 2.05) is 12.1 Å². The molecule has 90 valence electrons. The third kappa shape index (κ3) is 3.11. The summed E-state index contributed by atoms with van der Waals surface area (Å²) in [7, 11) is 0. The third-order valence-corrected chi connectivity index (χ3v) is 3.86. The fourth-order valence-corrected chi connectivity index (χ4v) is 2.78. The molecule has 0 saturated heterocycles. The topological polar surface area (TPSA) is 25.2 Å². The predicted octanol–water partition coefficient (Wildman–Crippen LogP) is 3.58. The summed E-state index contributed by atoms with van der Waals surface area (Å²) in [5.41, 5.74) is 0. The Morgan fingerprint density at radius 3 is 3.06 bits per heavy atom. The van der Waals surface area contributed by atoms with Gasteiger partial charge in [0, 0.05) is 6.04 Å². The maximum Gasteiger partial charge on any atom is 0.117 e. The van der Waals surface area contributed by atoms with E-state index in [9.17, 15) is 0 Å². The van der Waals surface area contributed by atoms with Gasteiger partial charge in [0.25, 0.3) is 0 Å². The van der Waals surface area contributed by atoms with Crippen LogP contribution in [0.3, 0.4) is 0 Å². The molecule has 0 bridgehead atoms. The van der Waals surface area contributed by atoms with Gasteiger partial charge in [-0.15, -0.1) is 0 Å². The molecular weight excluding hydrogens is 198 g/mol. The molecule has 1 aromatic rings. The largest absolute Gasteiger partial charge is 0.468 e. The van der Waals surface area contributed by atoms with Crippen molar-refractivity contribution in [1.29, 1.82) is 0 Å². The zero-order chi connectivity index (χ0) is 11.4. The van der Waals surface area contributed by atoms with Gasteiger partial charge in [-0.25, -0.2) is 0 Å². The van der Waals surface area contributed by atoms with E-state index >= 15 is 0 Å². The summed E-state index contributed by atoms with van der Waals surface area (Å²) < 4.78 is 5.33. The molecule has 2 heteroatoms. The SMILES string of the molecule is CC1CCCC(C(C)NCc2ccco2)C1. The van der Waals surface area contributed by atoms with E-state index in [-0.39, 0.29) is 0 Å². The number of hydrogen-bond donors (Lipinski definition) is 1. The van der Waals surface area contributed by atoms with Gasteiger partial charge < -0.3 is 9.73 Å². The standard InChI is InChI=1S/C14H23NO/c1-11-5-3-6-13(9-11)12(2)15-10-14-7-4-8-16-14/h4,7-8,11-13,15H,3,5-6,9-10H2,1-2H3. The molecule has 1 aliphatic rings. The third-order valence-electron chi connectivity index (χ3n) is 3.86. The smallest absolute Gasteiger partial charge is 0.117 e. The molecule has 2 rings (SSSR count). The van der Waals surface area contributed by atoms with Crippen LogP contribution in [-0.2, 0) is 6.54 Å². The van der Waals surface area contributed by atoms with Crippen molar-refractivity contribution >= 4 is 0 Å². The Morgan fingerprint density at radius 2 is 2.38 bits per heavy atom. The van der Waals surface area contributed by atoms with Crippen molar-refractivity contribution in [2.24, 2.45) is 11.8 Å². The van der Waals surface area contributed by atoms with Crippen LogP contribution in [0.25, 0.3) is 0 Å². The summed E-state index contributed by atoms with van der Waals surface area (Å²) in [6.07, 6.45) is 7.33. The minimum absolute atomic E-state index is 0.604. The number of hydrogen-bond acceptors (Lipinski definition) is 2. The second-order valence-electron chi connectivity index (χ2n) is 5.28. The van der Waals surface area contributed by atoms with Crippen molar-refractivity contribution in [3.8, 4) is 0 Å². The molecule has 1 aromatic heterocycles. The van der Waals surface area contributed by atoms with Crippen LogP contribution in [0, 0.1) is 11.8 Å². The van der Waals surface area contributed by atoms with Crippen LogP contribution in [0.1, 0.15) is 45.3 Å². The Hall–Kier alpha value is -0.760. The summed E-state index contributed by atoms with van der Waals surface area (Å²) in [5, 5.41) is 3.58. The number of furan rings is 1. The highest BCUT2D eigenvalue weighted by Crippen LogP contribution is 2.30. The van der Waals surface area contributed by atoms with Crippen molar-refractivity contribution in [3.05, 3.63) is 24.2 Å². The van der Waals surface area contributed by atoms with Crippen molar-refractivity contribution in [2.75, 3.05) is 0 Å². The van der Waals surface area contributed by atoms with Gasteiger partial charge in [0.05, 0.1) is 12.8 Å². The van der Waals surface area contributed by atoms with Crippen molar-refractivity contribution in [3.63, 3.8) is 0 Å². The van der Waals surface area contributed by atoms with Gasteiger partial charge in [-0.3, -0.25) is 0 Å². The van der Waals surface area contributed by atoms with E-state index in [1.54, 1.807) is 6.26 Å². The first-order chi connectivity index (χ1) is 7.75. The van der Waals surface area contributed by atoms with Gasteiger partial charge in [-0.1, -0.05) is 19.8 Å². The minimum atomic E-state index is 0.604. The average molecular weight is 221 g/mol. The fourth-order valence-electron chi connectivity index (χ4n) is 2.78. The van der Waals surface area contributed by atoms with Crippen LogP contribution in [0.5, 0.6) is 0 Å². The fraction of sp³-hybridized carbons (Fsp3) is 0.714. The Morgan fingerprint density at radius 1 is 1.50 bits per heavy atom. The van der Waals surface area contributed by atoms with E-state index in [0.29, 0.717) is 6.04 Å². The summed E-state index contributed by atoms with van der Waals surface area (Å²) in [5.74, 6) is 2.79. The lowest BCUT2D eigenvalue weighted by molar-refractivity contribution is 0.228. The summed E-state index contributed by atoms with van der Waals surface area (Å²) in [6, 6.07) is 4.58.